The molecule has 2 nitrogen and oxygen atoms in total. The van der Waals surface area contributed by atoms with Crippen LogP contribution in [-0.2, 0) is 4.79 Å². The maximum absolute atomic E-state index is 12.3. The minimum atomic E-state index is 0.249. The van der Waals surface area contributed by atoms with Gasteiger partial charge >= 0.3 is 0 Å². The number of allylic oxidation sites excluding steroid dienone is 2. The van der Waals surface area contributed by atoms with Crippen LogP contribution in [0.3, 0.4) is 0 Å². The molecule has 2 rings (SSSR count). The molecule has 2 heteroatoms. The van der Waals surface area contributed by atoms with Crippen molar-refractivity contribution < 1.29 is 9.53 Å². The van der Waals surface area contributed by atoms with E-state index in [4.69, 9.17) is 4.74 Å². The van der Waals surface area contributed by atoms with Crippen molar-refractivity contribution >= 4 is 11.4 Å². The van der Waals surface area contributed by atoms with Crippen LogP contribution in [0.4, 0.5) is 0 Å². The van der Waals surface area contributed by atoms with Crippen LogP contribution in [0.25, 0.3) is 5.57 Å². The summed E-state index contributed by atoms with van der Waals surface area (Å²) < 4.78 is 5.79. The molecule has 1 aliphatic carbocycles. The van der Waals surface area contributed by atoms with Crippen molar-refractivity contribution in [2.24, 2.45) is 5.92 Å². The zero-order valence-electron chi connectivity index (χ0n) is 15.4. The zero-order chi connectivity index (χ0) is 17.2. The molecule has 0 radical (unpaired) electrons. The van der Waals surface area contributed by atoms with Gasteiger partial charge in [0.1, 0.15) is 5.75 Å². The van der Waals surface area contributed by atoms with Crippen LogP contribution in [0.5, 0.6) is 5.75 Å². The predicted molar refractivity (Wildman–Crippen MR) is 101 cm³/mol. The van der Waals surface area contributed by atoms with Gasteiger partial charge in [-0.05, 0) is 55.0 Å². The van der Waals surface area contributed by atoms with Crippen molar-refractivity contribution in [3.05, 3.63) is 35.9 Å². The molecule has 0 saturated heterocycles. The summed E-state index contributed by atoms with van der Waals surface area (Å²) in [5.41, 5.74) is 2.35. The summed E-state index contributed by atoms with van der Waals surface area (Å²) in [4.78, 5) is 12.3. The lowest BCUT2D eigenvalue weighted by molar-refractivity contribution is -0.118. The summed E-state index contributed by atoms with van der Waals surface area (Å²) in [6, 6.07) is 8.24. The maximum Gasteiger partial charge on any atom is 0.159 e. The molecule has 0 heterocycles. The quantitative estimate of drug-likeness (QED) is 0.478. The van der Waals surface area contributed by atoms with Crippen LogP contribution in [-0.4, -0.2) is 12.4 Å². The van der Waals surface area contributed by atoms with Gasteiger partial charge in [-0.1, -0.05) is 58.1 Å². The third-order valence-electron chi connectivity index (χ3n) is 4.88. The van der Waals surface area contributed by atoms with Crippen molar-refractivity contribution in [1.82, 2.24) is 0 Å². The number of unbranched alkanes of at least 4 members (excludes halogenated alkanes) is 4. The molecule has 0 bridgehead atoms. The summed E-state index contributed by atoms with van der Waals surface area (Å²) >= 11 is 0. The lowest BCUT2D eigenvalue weighted by atomic mass is 9.83. The van der Waals surface area contributed by atoms with Crippen molar-refractivity contribution in [3.63, 3.8) is 0 Å². The van der Waals surface area contributed by atoms with Crippen molar-refractivity contribution in [1.29, 1.82) is 0 Å². The maximum atomic E-state index is 12.3. The third-order valence-corrected chi connectivity index (χ3v) is 4.88. The van der Waals surface area contributed by atoms with Crippen molar-refractivity contribution in [2.45, 2.75) is 71.6 Å². The Hall–Kier alpha value is -1.57. The van der Waals surface area contributed by atoms with Gasteiger partial charge < -0.3 is 4.74 Å². The Labute approximate surface area is 147 Å². The summed E-state index contributed by atoms with van der Waals surface area (Å²) in [6.07, 6.45) is 12.2. The topological polar surface area (TPSA) is 26.3 Å². The Kier molecular flexibility index (Phi) is 8.07. The molecule has 0 aromatic heterocycles. The lowest BCUT2D eigenvalue weighted by Crippen LogP contribution is -2.17. The number of hydrogen-bond acceptors (Lipinski definition) is 2. The van der Waals surface area contributed by atoms with E-state index in [1.54, 1.807) is 0 Å². The SMILES string of the molecule is CCCCCCOc1ccc(C2=CC(=O)C(CCCC)CC2)cc1. The van der Waals surface area contributed by atoms with Crippen LogP contribution < -0.4 is 4.74 Å². The van der Waals surface area contributed by atoms with Crippen molar-refractivity contribution in [3.8, 4) is 5.75 Å². The van der Waals surface area contributed by atoms with Gasteiger partial charge in [-0.2, -0.15) is 0 Å². The summed E-state index contributed by atoms with van der Waals surface area (Å²) in [6.45, 7) is 5.19. The number of ether oxygens (including phenoxy) is 1. The number of hydrogen-bond donors (Lipinski definition) is 0. The Balaban J connectivity index is 1.85. The van der Waals surface area contributed by atoms with Gasteiger partial charge in [0.2, 0.25) is 0 Å². The minimum absolute atomic E-state index is 0.249. The van der Waals surface area contributed by atoms with Gasteiger partial charge in [0, 0.05) is 5.92 Å². The van der Waals surface area contributed by atoms with E-state index >= 15 is 0 Å². The first kappa shape index (κ1) is 18.8. The largest absolute Gasteiger partial charge is 0.494 e. The average Bonchev–Trinajstić information content (AvgIpc) is 2.61. The number of rotatable bonds is 10. The Morgan fingerprint density at radius 1 is 1.00 bits per heavy atom. The molecule has 1 atom stereocenters. The van der Waals surface area contributed by atoms with Crippen LogP contribution >= 0.6 is 0 Å². The molecular weight excluding hydrogens is 296 g/mol. The van der Waals surface area contributed by atoms with E-state index < -0.39 is 0 Å². The van der Waals surface area contributed by atoms with E-state index in [9.17, 15) is 4.79 Å². The summed E-state index contributed by atoms with van der Waals surface area (Å²) in [7, 11) is 0. The normalized spacial score (nSPS) is 17.7. The number of carbonyl (C=O) groups is 1. The fourth-order valence-corrected chi connectivity index (χ4v) is 3.28. The van der Waals surface area contributed by atoms with Crippen LogP contribution in [0.1, 0.15) is 77.2 Å². The molecule has 24 heavy (non-hydrogen) atoms. The molecule has 1 aliphatic rings. The minimum Gasteiger partial charge on any atom is -0.494 e. The highest BCUT2D eigenvalue weighted by Gasteiger charge is 2.22. The fourth-order valence-electron chi connectivity index (χ4n) is 3.28. The Morgan fingerprint density at radius 2 is 1.75 bits per heavy atom. The van der Waals surface area contributed by atoms with Gasteiger partial charge in [0.05, 0.1) is 6.61 Å². The highest BCUT2D eigenvalue weighted by atomic mass is 16.5. The highest BCUT2D eigenvalue weighted by molar-refractivity contribution is 5.99. The third kappa shape index (κ3) is 5.81. The van der Waals surface area contributed by atoms with Crippen molar-refractivity contribution in [2.75, 3.05) is 6.61 Å². The van der Waals surface area contributed by atoms with Crippen LogP contribution in [0.2, 0.25) is 0 Å². The predicted octanol–water partition coefficient (Wildman–Crippen LogP) is 6.20. The first-order chi connectivity index (χ1) is 11.7. The molecule has 0 saturated carbocycles. The van der Waals surface area contributed by atoms with Gasteiger partial charge in [0.25, 0.3) is 0 Å². The zero-order valence-corrected chi connectivity index (χ0v) is 15.4. The average molecular weight is 328 g/mol. The van der Waals surface area contributed by atoms with Crippen LogP contribution in [0, 0.1) is 5.92 Å². The molecule has 1 aromatic rings. The first-order valence-electron chi connectivity index (χ1n) is 9.72. The van der Waals surface area contributed by atoms with Gasteiger partial charge in [-0.3, -0.25) is 4.79 Å². The lowest BCUT2D eigenvalue weighted by Gasteiger charge is -2.21. The second kappa shape index (κ2) is 10.3. The van der Waals surface area contributed by atoms with E-state index in [1.165, 1.54) is 31.3 Å². The molecule has 0 spiro atoms. The molecule has 0 aliphatic heterocycles. The first-order valence-corrected chi connectivity index (χ1v) is 9.72. The van der Waals surface area contributed by atoms with E-state index in [-0.39, 0.29) is 5.92 Å². The number of benzene rings is 1. The molecule has 1 aromatic carbocycles. The summed E-state index contributed by atoms with van der Waals surface area (Å²) in [5, 5.41) is 0. The molecular formula is C22H32O2. The number of ketones is 1. The van der Waals surface area contributed by atoms with Gasteiger partial charge in [0.15, 0.2) is 5.78 Å². The second-order valence-electron chi connectivity index (χ2n) is 6.88. The number of carbonyl (C=O) groups excluding carboxylic acids is 1. The second-order valence-corrected chi connectivity index (χ2v) is 6.88. The Bertz CT molecular complexity index is 527. The van der Waals surface area contributed by atoms with E-state index in [2.05, 4.69) is 26.0 Å². The highest BCUT2D eigenvalue weighted by Crippen LogP contribution is 2.31. The summed E-state index contributed by atoms with van der Waals surface area (Å²) in [5.74, 6) is 1.50. The smallest absolute Gasteiger partial charge is 0.159 e. The molecule has 0 N–H and O–H groups in total. The molecule has 0 fully saturated rings. The van der Waals surface area contributed by atoms with E-state index in [0.29, 0.717) is 5.78 Å². The van der Waals surface area contributed by atoms with Crippen LogP contribution in [0.15, 0.2) is 30.3 Å². The molecule has 0 amide bonds. The van der Waals surface area contributed by atoms with E-state index in [0.717, 1.165) is 50.0 Å². The standard InChI is InChI=1S/C22H32O2/c1-3-5-7-8-16-24-21-14-12-18(13-15-21)20-11-10-19(9-6-4-2)22(23)17-20/h12-15,17,19H,3-11,16H2,1-2H3. The fraction of sp³-hybridized carbons (Fsp3) is 0.591. The van der Waals surface area contributed by atoms with Gasteiger partial charge in [-0.25, -0.2) is 0 Å². The van der Waals surface area contributed by atoms with Gasteiger partial charge in [-0.15, -0.1) is 0 Å². The van der Waals surface area contributed by atoms with E-state index in [1.807, 2.05) is 18.2 Å². The monoisotopic (exact) mass is 328 g/mol. The molecule has 132 valence electrons. The Morgan fingerprint density at radius 3 is 2.42 bits per heavy atom. The molecule has 1 unspecified atom stereocenters.